The van der Waals surface area contributed by atoms with Crippen molar-refractivity contribution >= 4 is 25.5 Å². The van der Waals surface area contributed by atoms with Gasteiger partial charge < -0.3 is 5.11 Å². The second kappa shape index (κ2) is 6.89. The third kappa shape index (κ3) is 6.57. The number of nitrogens with one attached hydrogen (secondary N) is 1. The number of rotatable bonds is 5. The first-order valence-corrected chi connectivity index (χ1v) is 9.42. The number of hydrogen-bond acceptors (Lipinski definition) is 5. The first-order chi connectivity index (χ1) is 9.63. The number of aliphatic hydroxyl groups is 1. The molecule has 116 valence electrons. The molecule has 0 spiro atoms. The Morgan fingerprint density at radius 1 is 1.29 bits per heavy atom. The average Bonchev–Trinajstić information content (AvgIpc) is 2.29. The van der Waals surface area contributed by atoms with E-state index < -0.39 is 30.8 Å². The maximum Gasteiger partial charge on any atom is 0.247 e. The van der Waals surface area contributed by atoms with Gasteiger partial charge in [-0.3, -0.25) is 4.72 Å². The highest BCUT2D eigenvalue weighted by Gasteiger charge is 2.19. The van der Waals surface area contributed by atoms with E-state index in [9.17, 15) is 21.2 Å². The fourth-order valence-corrected chi connectivity index (χ4v) is 4.37. The minimum absolute atomic E-state index is 0.112. The van der Waals surface area contributed by atoms with Gasteiger partial charge in [0.2, 0.25) is 10.0 Å². The van der Waals surface area contributed by atoms with Crippen LogP contribution in [0, 0.1) is 17.7 Å². The van der Waals surface area contributed by atoms with Gasteiger partial charge in [-0.15, -0.1) is 0 Å². The van der Waals surface area contributed by atoms with Crippen LogP contribution in [0.4, 0.5) is 10.1 Å². The number of sulfonamides is 1. The molecule has 0 bridgehead atoms. The molecule has 0 aliphatic rings. The van der Waals surface area contributed by atoms with Crippen LogP contribution in [-0.2, 0) is 19.9 Å². The Hall–Kier alpha value is -1.63. The van der Waals surface area contributed by atoms with Gasteiger partial charge in [-0.2, -0.15) is 0 Å². The minimum Gasteiger partial charge on any atom is -0.395 e. The largest absolute Gasteiger partial charge is 0.395 e. The van der Waals surface area contributed by atoms with E-state index in [-0.39, 0.29) is 18.7 Å². The summed E-state index contributed by atoms with van der Waals surface area (Å²) in [5.41, 5.74) is -0.0432. The van der Waals surface area contributed by atoms with Gasteiger partial charge in [0.05, 0.1) is 12.3 Å². The highest BCUT2D eigenvalue weighted by atomic mass is 32.3. The highest BCUT2D eigenvalue weighted by molar-refractivity contribution is 8.08. The van der Waals surface area contributed by atoms with Gasteiger partial charge in [-0.25, -0.2) is 21.2 Å². The van der Waals surface area contributed by atoms with Crippen molar-refractivity contribution in [3.63, 3.8) is 0 Å². The lowest BCUT2D eigenvalue weighted by atomic mass is 10.2. The van der Waals surface area contributed by atoms with Gasteiger partial charge in [-0.05, 0) is 18.2 Å². The van der Waals surface area contributed by atoms with E-state index in [1.807, 2.05) is 4.72 Å². The van der Waals surface area contributed by atoms with Crippen LogP contribution >= 0.6 is 0 Å². The van der Waals surface area contributed by atoms with Crippen LogP contribution in [-0.4, -0.2) is 39.9 Å². The molecule has 0 saturated carbocycles. The summed E-state index contributed by atoms with van der Waals surface area (Å²) < 4.78 is 60.6. The number of hydrogen-bond donors (Lipinski definition) is 2. The summed E-state index contributed by atoms with van der Waals surface area (Å²) in [6.07, 6.45) is 1.01. The van der Waals surface area contributed by atoms with Crippen molar-refractivity contribution in [3.8, 4) is 11.8 Å². The van der Waals surface area contributed by atoms with Crippen molar-refractivity contribution in [1.82, 2.24) is 0 Å². The number of anilines is 1. The van der Waals surface area contributed by atoms with E-state index >= 15 is 0 Å². The predicted octanol–water partition coefficient (Wildman–Crippen LogP) is 0.303. The molecule has 2 N–H and O–H groups in total. The Kier molecular flexibility index (Phi) is 5.71. The smallest absolute Gasteiger partial charge is 0.247 e. The maximum absolute atomic E-state index is 13.7. The minimum atomic E-state index is -4.20. The number of aliphatic hydroxyl groups excluding tert-OH is 1. The molecule has 0 atom stereocenters. The summed E-state index contributed by atoms with van der Waals surface area (Å²) in [6, 6.07) is 3.55. The van der Waals surface area contributed by atoms with Crippen molar-refractivity contribution in [3.05, 3.63) is 29.6 Å². The van der Waals surface area contributed by atoms with Crippen molar-refractivity contribution in [2.24, 2.45) is 0 Å². The third-order valence-electron chi connectivity index (χ3n) is 2.07. The quantitative estimate of drug-likeness (QED) is 0.754. The third-order valence-corrected chi connectivity index (χ3v) is 5.56. The van der Waals surface area contributed by atoms with Crippen molar-refractivity contribution < 1.29 is 26.3 Å². The van der Waals surface area contributed by atoms with E-state index in [1.165, 1.54) is 6.07 Å². The molecule has 21 heavy (non-hydrogen) atoms. The Morgan fingerprint density at radius 3 is 2.48 bits per heavy atom. The zero-order valence-corrected chi connectivity index (χ0v) is 12.8. The van der Waals surface area contributed by atoms with Gasteiger partial charge in [0.15, 0.2) is 14.9 Å². The van der Waals surface area contributed by atoms with Crippen LogP contribution in [0.3, 0.4) is 0 Å². The van der Waals surface area contributed by atoms with Crippen LogP contribution in [0.25, 0.3) is 0 Å². The number of sulfone groups is 1. The summed E-state index contributed by atoms with van der Waals surface area (Å²) in [4.78, 5) is 0. The van der Waals surface area contributed by atoms with Gasteiger partial charge in [0.25, 0.3) is 0 Å². The molecule has 0 fully saturated rings. The fourth-order valence-electron chi connectivity index (χ4n) is 1.37. The van der Waals surface area contributed by atoms with Crippen LogP contribution < -0.4 is 4.72 Å². The fraction of sp³-hybridized carbons (Fsp3) is 0.333. The highest BCUT2D eigenvalue weighted by Crippen LogP contribution is 2.17. The van der Waals surface area contributed by atoms with E-state index in [0.29, 0.717) is 5.56 Å². The molecule has 0 saturated heterocycles. The normalized spacial score (nSPS) is 11.6. The molecule has 9 heteroatoms. The Bertz CT molecular complexity index is 776. The second-order valence-corrected chi connectivity index (χ2v) is 8.46. The van der Waals surface area contributed by atoms with Crippen molar-refractivity contribution in [2.75, 3.05) is 22.7 Å². The molecule has 0 unspecified atom stereocenters. The predicted molar refractivity (Wildman–Crippen MR) is 77.2 cm³/mol. The molecular formula is C12H14FNO5S2. The Labute approximate surface area is 123 Å². The molecule has 6 nitrogen and oxygen atoms in total. The molecule has 0 heterocycles. The van der Waals surface area contributed by atoms with Gasteiger partial charge >= 0.3 is 0 Å². The lowest BCUT2D eigenvalue weighted by Crippen LogP contribution is -2.22. The van der Waals surface area contributed by atoms with Crippen LogP contribution in [0.5, 0.6) is 0 Å². The zero-order chi connectivity index (χ0) is 16.1. The van der Waals surface area contributed by atoms with E-state index in [2.05, 4.69) is 11.8 Å². The summed E-state index contributed by atoms with van der Waals surface area (Å²) in [7, 11) is -7.95. The molecule has 1 aromatic carbocycles. The molecule has 0 aliphatic heterocycles. The van der Waals surface area contributed by atoms with Crippen LogP contribution in [0.15, 0.2) is 18.2 Å². The van der Waals surface area contributed by atoms with Crippen LogP contribution in [0.2, 0.25) is 0 Å². The Balaban J connectivity index is 2.94. The number of halogens is 1. The SMILES string of the molecule is CS(=O)(=O)CS(=O)(=O)Nc1ccc(C#CCCO)cc1F. The second-order valence-electron chi connectivity index (χ2n) is 4.23. The first-order valence-electron chi connectivity index (χ1n) is 5.70. The van der Waals surface area contributed by atoms with Crippen molar-refractivity contribution in [1.29, 1.82) is 0 Å². The summed E-state index contributed by atoms with van der Waals surface area (Å²) in [5, 5.41) is 7.43. The maximum atomic E-state index is 13.7. The molecule has 0 amide bonds. The number of benzene rings is 1. The molecular weight excluding hydrogens is 321 g/mol. The molecule has 0 aromatic heterocycles. The molecule has 0 aliphatic carbocycles. The monoisotopic (exact) mass is 335 g/mol. The summed E-state index contributed by atoms with van der Waals surface area (Å²) >= 11 is 0. The lowest BCUT2D eigenvalue weighted by molar-refractivity contribution is 0.305. The van der Waals surface area contributed by atoms with E-state index in [4.69, 9.17) is 5.11 Å². The molecule has 1 rings (SSSR count). The summed E-state index contributed by atoms with van der Waals surface area (Å²) in [6.45, 7) is -0.112. The standard InChI is InChI=1S/C12H14FNO5S2/c1-20(16,17)9-21(18,19)14-12-6-5-10(8-11(12)13)4-2-3-7-15/h5-6,8,14-15H,3,7,9H2,1H3. The summed E-state index contributed by atoms with van der Waals surface area (Å²) in [5.74, 6) is 4.31. The van der Waals surface area contributed by atoms with Crippen molar-refractivity contribution in [2.45, 2.75) is 6.42 Å². The van der Waals surface area contributed by atoms with Crippen LogP contribution in [0.1, 0.15) is 12.0 Å². The first kappa shape index (κ1) is 17.4. The van der Waals surface area contributed by atoms with E-state index in [0.717, 1.165) is 18.4 Å². The molecule has 0 radical (unpaired) electrons. The van der Waals surface area contributed by atoms with Gasteiger partial charge in [0.1, 0.15) is 5.82 Å². The van der Waals surface area contributed by atoms with Gasteiger partial charge in [-0.1, -0.05) is 11.8 Å². The topological polar surface area (TPSA) is 101 Å². The zero-order valence-electron chi connectivity index (χ0n) is 11.1. The van der Waals surface area contributed by atoms with Gasteiger partial charge in [0, 0.05) is 18.2 Å². The lowest BCUT2D eigenvalue weighted by Gasteiger charge is -2.08. The molecule has 1 aromatic rings. The Morgan fingerprint density at radius 2 is 1.95 bits per heavy atom. The average molecular weight is 335 g/mol. The van der Waals surface area contributed by atoms with E-state index in [1.54, 1.807) is 0 Å².